The van der Waals surface area contributed by atoms with E-state index in [0.717, 1.165) is 25.2 Å². The van der Waals surface area contributed by atoms with Crippen molar-refractivity contribution in [1.82, 2.24) is 4.57 Å². The van der Waals surface area contributed by atoms with Crippen molar-refractivity contribution in [2.24, 2.45) is 7.05 Å². The van der Waals surface area contributed by atoms with Gasteiger partial charge < -0.3 is 15.2 Å². The van der Waals surface area contributed by atoms with Crippen LogP contribution in [0.25, 0.3) is 0 Å². The van der Waals surface area contributed by atoms with Crippen molar-refractivity contribution in [3.8, 4) is 0 Å². The van der Waals surface area contributed by atoms with Crippen molar-refractivity contribution in [1.29, 1.82) is 0 Å². The van der Waals surface area contributed by atoms with Crippen LogP contribution >= 0.6 is 0 Å². The molecule has 3 rings (SSSR count). The normalized spacial score (nSPS) is 13.4. The molecule has 0 saturated carbocycles. The summed E-state index contributed by atoms with van der Waals surface area (Å²) in [7, 11) is 1.76. The molecule has 0 aliphatic carbocycles. The summed E-state index contributed by atoms with van der Waals surface area (Å²) in [6, 6.07) is 9.86. The number of hydrogen-bond donors (Lipinski definition) is 2. The topological polar surface area (TPSA) is 46.1 Å². The maximum Gasteiger partial charge on any atom is 0.250 e. The highest BCUT2D eigenvalue weighted by molar-refractivity contribution is 5.60. The van der Waals surface area contributed by atoms with E-state index in [-0.39, 0.29) is 5.56 Å². The van der Waals surface area contributed by atoms with E-state index >= 15 is 0 Å². The van der Waals surface area contributed by atoms with Crippen molar-refractivity contribution < 1.29 is 0 Å². The predicted octanol–water partition coefficient (Wildman–Crippen LogP) is 2.36. The number of rotatable bonds is 3. The van der Waals surface area contributed by atoms with Crippen LogP contribution in [-0.4, -0.2) is 11.1 Å². The molecule has 4 heteroatoms. The molecule has 1 aromatic heterocycles. The third kappa shape index (κ3) is 2.54. The molecule has 2 heterocycles. The lowest BCUT2D eigenvalue weighted by molar-refractivity contribution is 0.824. The maximum atomic E-state index is 11.4. The maximum absolute atomic E-state index is 11.4. The second-order valence-corrected chi connectivity index (χ2v) is 5.20. The van der Waals surface area contributed by atoms with Gasteiger partial charge in [0.2, 0.25) is 5.56 Å². The molecule has 0 radical (unpaired) electrons. The molecule has 0 fully saturated rings. The minimum Gasteiger partial charge on any atom is -0.385 e. The first-order chi connectivity index (χ1) is 9.74. The fourth-order valence-electron chi connectivity index (χ4n) is 2.62. The molecule has 0 amide bonds. The number of fused-ring (bicyclic) bond motifs is 1. The van der Waals surface area contributed by atoms with Crippen LogP contribution in [0.4, 0.5) is 11.4 Å². The number of para-hydroxylation sites is 1. The van der Waals surface area contributed by atoms with Crippen LogP contribution in [0.3, 0.4) is 0 Å². The number of anilines is 2. The van der Waals surface area contributed by atoms with E-state index in [1.165, 1.54) is 23.2 Å². The predicted molar refractivity (Wildman–Crippen MR) is 82.3 cm³/mol. The lowest BCUT2D eigenvalue weighted by Gasteiger charge is -2.21. The Hall–Kier alpha value is -2.23. The monoisotopic (exact) mass is 269 g/mol. The van der Waals surface area contributed by atoms with Gasteiger partial charge in [-0.15, -0.1) is 0 Å². The van der Waals surface area contributed by atoms with E-state index < -0.39 is 0 Å². The number of nitrogens with one attached hydrogen (secondary N) is 2. The summed E-state index contributed by atoms with van der Waals surface area (Å²) in [5.74, 6) is 0. The first-order valence-electron chi connectivity index (χ1n) is 6.99. The molecular formula is C16H19N3O. The van der Waals surface area contributed by atoms with Gasteiger partial charge in [0, 0.05) is 38.1 Å². The molecule has 104 valence electrons. The fraction of sp³-hybridized carbons (Fsp3) is 0.312. The van der Waals surface area contributed by atoms with Crippen LogP contribution in [0.15, 0.2) is 41.3 Å². The molecule has 20 heavy (non-hydrogen) atoms. The second kappa shape index (κ2) is 5.41. The highest BCUT2D eigenvalue weighted by atomic mass is 16.1. The van der Waals surface area contributed by atoms with Crippen molar-refractivity contribution in [2.45, 2.75) is 19.4 Å². The van der Waals surface area contributed by atoms with Crippen molar-refractivity contribution in [2.75, 3.05) is 17.2 Å². The van der Waals surface area contributed by atoms with Gasteiger partial charge >= 0.3 is 0 Å². The van der Waals surface area contributed by atoms with Crippen molar-refractivity contribution >= 4 is 11.4 Å². The van der Waals surface area contributed by atoms with Crippen molar-refractivity contribution in [3.63, 3.8) is 0 Å². The molecule has 1 aliphatic heterocycles. The molecule has 0 saturated heterocycles. The Kier molecular flexibility index (Phi) is 3.46. The molecule has 4 nitrogen and oxygen atoms in total. The Morgan fingerprint density at radius 3 is 3.05 bits per heavy atom. The first kappa shape index (κ1) is 12.8. The molecule has 1 aliphatic rings. The third-order valence-electron chi connectivity index (χ3n) is 3.73. The van der Waals surface area contributed by atoms with Crippen LogP contribution < -0.4 is 16.2 Å². The molecule has 0 unspecified atom stereocenters. The van der Waals surface area contributed by atoms with E-state index in [4.69, 9.17) is 0 Å². The minimum absolute atomic E-state index is 0.00862. The Labute approximate surface area is 118 Å². The van der Waals surface area contributed by atoms with Gasteiger partial charge in [-0.3, -0.25) is 4.79 Å². The Bertz CT molecular complexity index is 676. The van der Waals surface area contributed by atoms with Gasteiger partial charge in [0.1, 0.15) is 0 Å². The van der Waals surface area contributed by atoms with Crippen LogP contribution in [0, 0.1) is 0 Å². The molecule has 1 aromatic carbocycles. The number of aryl methyl sites for hydroxylation is 2. The van der Waals surface area contributed by atoms with E-state index in [9.17, 15) is 4.79 Å². The molecule has 2 aromatic rings. The lowest BCUT2D eigenvalue weighted by Crippen LogP contribution is -2.16. The molecule has 2 N–H and O–H groups in total. The Morgan fingerprint density at radius 1 is 1.30 bits per heavy atom. The lowest BCUT2D eigenvalue weighted by atomic mass is 9.99. The molecular weight excluding hydrogens is 250 g/mol. The smallest absolute Gasteiger partial charge is 0.250 e. The summed E-state index contributed by atoms with van der Waals surface area (Å²) < 4.78 is 1.58. The third-order valence-corrected chi connectivity index (χ3v) is 3.73. The Morgan fingerprint density at radius 2 is 2.20 bits per heavy atom. The number of nitrogens with zero attached hydrogens (tertiary/aromatic N) is 1. The summed E-state index contributed by atoms with van der Waals surface area (Å²) in [6.45, 7) is 1.80. The van der Waals surface area contributed by atoms with Crippen LogP contribution in [0.2, 0.25) is 0 Å². The summed E-state index contributed by atoms with van der Waals surface area (Å²) >= 11 is 0. The van der Waals surface area contributed by atoms with Gasteiger partial charge in [-0.1, -0.05) is 18.2 Å². The number of pyridine rings is 1. The van der Waals surface area contributed by atoms with Crippen LogP contribution in [0.5, 0.6) is 0 Å². The minimum atomic E-state index is 0.00862. The summed E-state index contributed by atoms with van der Waals surface area (Å²) in [4.78, 5) is 11.4. The summed E-state index contributed by atoms with van der Waals surface area (Å²) in [5, 5.41) is 6.87. The van der Waals surface area contributed by atoms with Crippen LogP contribution in [0.1, 0.15) is 17.5 Å². The average molecular weight is 269 g/mol. The zero-order valence-electron chi connectivity index (χ0n) is 11.6. The average Bonchev–Trinajstić information content (AvgIpc) is 2.48. The number of hydrogen-bond acceptors (Lipinski definition) is 3. The van der Waals surface area contributed by atoms with Gasteiger partial charge in [0.05, 0.1) is 5.69 Å². The fourth-order valence-corrected chi connectivity index (χ4v) is 2.62. The largest absolute Gasteiger partial charge is 0.385 e. The van der Waals surface area contributed by atoms with Crippen LogP contribution in [-0.2, 0) is 20.0 Å². The summed E-state index contributed by atoms with van der Waals surface area (Å²) in [6.07, 6.45) is 4.17. The van der Waals surface area contributed by atoms with E-state index in [2.05, 4.69) is 28.8 Å². The number of benzene rings is 1. The van der Waals surface area contributed by atoms with E-state index in [1.807, 2.05) is 12.3 Å². The van der Waals surface area contributed by atoms with Gasteiger partial charge in [0.25, 0.3) is 0 Å². The zero-order valence-corrected chi connectivity index (χ0v) is 11.6. The van der Waals surface area contributed by atoms with Gasteiger partial charge in [-0.2, -0.15) is 0 Å². The number of aromatic nitrogens is 1. The zero-order chi connectivity index (χ0) is 13.9. The molecule has 0 bridgehead atoms. The Balaban J connectivity index is 1.78. The first-order valence-corrected chi connectivity index (χ1v) is 6.99. The van der Waals surface area contributed by atoms with E-state index in [0.29, 0.717) is 0 Å². The molecule has 0 spiro atoms. The highest BCUT2D eigenvalue weighted by Crippen LogP contribution is 2.26. The standard InChI is InChI=1S/C16H19N3O/c1-19-11-14(7-8-15(19)20)18-10-13-5-2-4-12-6-3-9-17-16(12)13/h2,4-5,7-8,11,17-18H,3,6,9-10H2,1H3. The summed E-state index contributed by atoms with van der Waals surface area (Å²) in [5.41, 5.74) is 4.91. The molecule has 0 atom stereocenters. The van der Waals surface area contributed by atoms with Gasteiger partial charge in [0.15, 0.2) is 0 Å². The van der Waals surface area contributed by atoms with Crippen molar-refractivity contribution in [3.05, 3.63) is 58.0 Å². The van der Waals surface area contributed by atoms with Gasteiger partial charge in [-0.05, 0) is 30.0 Å². The SMILES string of the molecule is Cn1cc(NCc2cccc3c2NCCC3)ccc1=O. The second-order valence-electron chi connectivity index (χ2n) is 5.20. The van der Waals surface area contributed by atoms with Gasteiger partial charge in [-0.25, -0.2) is 0 Å². The quantitative estimate of drug-likeness (QED) is 0.899. The highest BCUT2D eigenvalue weighted by Gasteiger charge is 2.11. The van der Waals surface area contributed by atoms with E-state index in [1.54, 1.807) is 17.7 Å².